The lowest BCUT2D eigenvalue weighted by Crippen LogP contribution is -2.72. The molecule has 2 saturated heterocycles. The molecule has 0 aromatic heterocycles. The molecule has 3 heterocycles. The van der Waals surface area contributed by atoms with E-state index in [4.69, 9.17) is 0 Å². The van der Waals surface area contributed by atoms with Gasteiger partial charge in [-0.15, -0.1) is 0 Å². The van der Waals surface area contributed by atoms with E-state index in [2.05, 4.69) is 17.9 Å². The average molecular weight is 341 g/mol. The van der Waals surface area contributed by atoms with Gasteiger partial charge in [0.1, 0.15) is 0 Å². The molecule has 1 aromatic rings. The Kier molecular flexibility index (Phi) is 3.42. The Balaban J connectivity index is 1.92. The predicted molar refractivity (Wildman–Crippen MR) is 93.0 cm³/mol. The molecule has 0 N–H and O–H groups in total. The SMILES string of the molecule is CC1CCN2c3ccccc3CC3(C(=O)N(C)C(=O)N(C)C3=O)C2C1. The second-order valence-electron chi connectivity index (χ2n) is 7.63. The molecule has 6 nitrogen and oxygen atoms in total. The molecule has 132 valence electrons. The largest absolute Gasteiger partial charge is 0.367 e. The van der Waals surface area contributed by atoms with Crippen LogP contribution in [0.15, 0.2) is 24.3 Å². The lowest BCUT2D eigenvalue weighted by atomic mass is 9.64. The van der Waals surface area contributed by atoms with E-state index in [0.29, 0.717) is 12.3 Å². The molecule has 3 aliphatic heterocycles. The number of amides is 4. The number of anilines is 1. The summed E-state index contributed by atoms with van der Waals surface area (Å²) in [5, 5.41) is 0. The summed E-state index contributed by atoms with van der Waals surface area (Å²) < 4.78 is 0. The van der Waals surface area contributed by atoms with Gasteiger partial charge in [0.05, 0.1) is 6.04 Å². The Bertz CT molecular complexity index is 751. The number of piperidine rings is 1. The molecular weight excluding hydrogens is 318 g/mol. The maximum Gasteiger partial charge on any atom is 0.332 e. The summed E-state index contributed by atoms with van der Waals surface area (Å²) >= 11 is 0. The summed E-state index contributed by atoms with van der Waals surface area (Å²) in [6.07, 6.45) is 2.17. The number of hydrogen-bond acceptors (Lipinski definition) is 4. The van der Waals surface area contributed by atoms with Crippen molar-refractivity contribution in [1.82, 2.24) is 9.80 Å². The zero-order valence-electron chi connectivity index (χ0n) is 14.9. The Labute approximate surface area is 147 Å². The number of benzene rings is 1. The summed E-state index contributed by atoms with van der Waals surface area (Å²) in [5.41, 5.74) is 0.916. The van der Waals surface area contributed by atoms with E-state index in [0.717, 1.165) is 40.4 Å². The standard InChI is InChI=1S/C19H23N3O3/c1-12-8-9-22-14-7-5-4-6-13(14)11-19(15(22)10-12)16(23)20(2)18(25)21(3)17(19)24/h4-7,12,15H,8-11H2,1-3H3. The molecule has 2 fully saturated rings. The van der Waals surface area contributed by atoms with Crippen molar-refractivity contribution in [1.29, 1.82) is 0 Å². The third-order valence-corrected chi connectivity index (χ3v) is 6.15. The van der Waals surface area contributed by atoms with Crippen molar-refractivity contribution in [3.8, 4) is 0 Å². The first-order valence-electron chi connectivity index (χ1n) is 8.82. The highest BCUT2D eigenvalue weighted by Crippen LogP contribution is 2.49. The van der Waals surface area contributed by atoms with Crippen LogP contribution in [-0.2, 0) is 16.0 Å². The summed E-state index contributed by atoms with van der Waals surface area (Å²) in [6, 6.07) is 7.25. The van der Waals surface area contributed by atoms with Crippen LogP contribution in [-0.4, -0.2) is 54.3 Å². The normalized spacial score (nSPS) is 28.3. The van der Waals surface area contributed by atoms with Gasteiger partial charge in [-0.25, -0.2) is 4.79 Å². The van der Waals surface area contributed by atoms with E-state index in [1.807, 2.05) is 18.2 Å². The molecule has 0 saturated carbocycles. The fraction of sp³-hybridized carbons (Fsp3) is 0.526. The van der Waals surface area contributed by atoms with Gasteiger partial charge in [0, 0.05) is 26.3 Å². The van der Waals surface area contributed by atoms with E-state index in [-0.39, 0.29) is 17.9 Å². The highest BCUT2D eigenvalue weighted by atomic mass is 16.2. The summed E-state index contributed by atoms with van der Waals surface area (Å²) in [4.78, 5) is 43.2. The van der Waals surface area contributed by atoms with Crippen molar-refractivity contribution in [3.63, 3.8) is 0 Å². The van der Waals surface area contributed by atoms with Crippen LogP contribution in [0.5, 0.6) is 0 Å². The first-order chi connectivity index (χ1) is 11.9. The smallest absolute Gasteiger partial charge is 0.332 e. The van der Waals surface area contributed by atoms with Gasteiger partial charge in [0.2, 0.25) is 11.8 Å². The molecule has 0 bridgehead atoms. The molecule has 2 atom stereocenters. The molecule has 2 unspecified atom stereocenters. The van der Waals surface area contributed by atoms with Crippen molar-refractivity contribution >= 4 is 23.5 Å². The fourth-order valence-corrected chi connectivity index (χ4v) is 4.78. The summed E-state index contributed by atoms with van der Waals surface area (Å²) in [7, 11) is 2.96. The minimum Gasteiger partial charge on any atom is -0.367 e. The Hall–Kier alpha value is -2.37. The zero-order valence-corrected chi connectivity index (χ0v) is 14.9. The zero-order chi connectivity index (χ0) is 17.9. The van der Waals surface area contributed by atoms with E-state index in [9.17, 15) is 14.4 Å². The highest BCUT2D eigenvalue weighted by molar-refractivity contribution is 6.20. The van der Waals surface area contributed by atoms with Crippen LogP contribution >= 0.6 is 0 Å². The summed E-state index contributed by atoms with van der Waals surface area (Å²) in [5.74, 6) is -0.282. The lowest BCUT2D eigenvalue weighted by molar-refractivity contribution is -0.160. The Morgan fingerprint density at radius 1 is 1.04 bits per heavy atom. The van der Waals surface area contributed by atoms with E-state index < -0.39 is 11.4 Å². The molecule has 0 aliphatic carbocycles. The third-order valence-electron chi connectivity index (χ3n) is 6.15. The number of imide groups is 2. The van der Waals surface area contributed by atoms with E-state index >= 15 is 0 Å². The monoisotopic (exact) mass is 341 g/mol. The number of hydrogen-bond donors (Lipinski definition) is 0. The number of barbiturate groups is 1. The van der Waals surface area contributed by atoms with Crippen molar-refractivity contribution in [3.05, 3.63) is 29.8 Å². The van der Waals surface area contributed by atoms with Gasteiger partial charge in [-0.05, 0) is 36.8 Å². The van der Waals surface area contributed by atoms with Gasteiger partial charge >= 0.3 is 6.03 Å². The second-order valence-corrected chi connectivity index (χ2v) is 7.63. The van der Waals surface area contributed by atoms with Crippen molar-refractivity contribution < 1.29 is 14.4 Å². The second kappa shape index (κ2) is 5.31. The molecule has 4 rings (SSSR count). The molecule has 1 aromatic carbocycles. The number of nitrogens with zero attached hydrogens (tertiary/aromatic N) is 3. The molecule has 1 spiro atoms. The first kappa shape index (κ1) is 16.1. The number of para-hydroxylation sites is 1. The topological polar surface area (TPSA) is 60.9 Å². The number of carbonyl (C=O) groups excluding carboxylic acids is 3. The minimum atomic E-state index is -1.21. The molecule has 4 amide bonds. The number of fused-ring (bicyclic) bond motifs is 4. The molecule has 6 heteroatoms. The van der Waals surface area contributed by atoms with Crippen LogP contribution in [0.4, 0.5) is 10.5 Å². The van der Waals surface area contributed by atoms with Crippen LogP contribution in [0.25, 0.3) is 0 Å². The average Bonchev–Trinajstić information content (AvgIpc) is 2.63. The first-order valence-corrected chi connectivity index (χ1v) is 8.82. The van der Waals surface area contributed by atoms with Gasteiger partial charge in [-0.3, -0.25) is 19.4 Å². The molecule has 0 radical (unpaired) electrons. The lowest BCUT2D eigenvalue weighted by Gasteiger charge is -2.55. The van der Waals surface area contributed by atoms with E-state index in [1.165, 1.54) is 14.1 Å². The van der Waals surface area contributed by atoms with Gasteiger partial charge in [0.25, 0.3) is 0 Å². The predicted octanol–water partition coefficient (Wildman–Crippen LogP) is 1.88. The quantitative estimate of drug-likeness (QED) is 0.676. The molecule has 3 aliphatic rings. The van der Waals surface area contributed by atoms with Crippen LogP contribution in [0.2, 0.25) is 0 Å². The van der Waals surface area contributed by atoms with Crippen molar-refractivity contribution in [2.24, 2.45) is 11.3 Å². The van der Waals surface area contributed by atoms with Crippen molar-refractivity contribution in [2.45, 2.75) is 32.2 Å². The van der Waals surface area contributed by atoms with Crippen LogP contribution in [0.3, 0.4) is 0 Å². The third kappa shape index (κ3) is 2.00. The van der Waals surface area contributed by atoms with Gasteiger partial charge in [-0.1, -0.05) is 25.1 Å². The van der Waals surface area contributed by atoms with Crippen LogP contribution in [0, 0.1) is 11.3 Å². The maximum absolute atomic E-state index is 13.3. The van der Waals surface area contributed by atoms with Crippen LogP contribution in [0.1, 0.15) is 25.3 Å². The summed E-state index contributed by atoms with van der Waals surface area (Å²) in [6.45, 7) is 2.99. The highest BCUT2D eigenvalue weighted by Gasteiger charge is 2.63. The maximum atomic E-state index is 13.3. The fourth-order valence-electron chi connectivity index (χ4n) is 4.78. The number of rotatable bonds is 0. The molecular formula is C19H23N3O3. The minimum absolute atomic E-state index is 0.204. The van der Waals surface area contributed by atoms with Gasteiger partial charge < -0.3 is 4.90 Å². The van der Waals surface area contributed by atoms with Gasteiger partial charge in [-0.2, -0.15) is 0 Å². The number of carbonyl (C=O) groups is 3. The van der Waals surface area contributed by atoms with Crippen LogP contribution < -0.4 is 4.90 Å². The molecule has 25 heavy (non-hydrogen) atoms. The Morgan fingerprint density at radius 2 is 1.68 bits per heavy atom. The Morgan fingerprint density at radius 3 is 2.36 bits per heavy atom. The van der Waals surface area contributed by atoms with Crippen molar-refractivity contribution in [2.75, 3.05) is 25.5 Å². The van der Waals surface area contributed by atoms with E-state index in [1.54, 1.807) is 0 Å². The van der Waals surface area contributed by atoms with Gasteiger partial charge in [0.15, 0.2) is 5.41 Å². The number of urea groups is 1.